The molecule has 0 amide bonds. The number of rotatable bonds is 9. The highest BCUT2D eigenvalue weighted by Crippen LogP contribution is 2.13. The van der Waals surface area contributed by atoms with Crippen LogP contribution in [0.4, 0.5) is 0 Å². The molecule has 0 saturated heterocycles. The van der Waals surface area contributed by atoms with E-state index in [1.165, 1.54) is 11.1 Å². The van der Waals surface area contributed by atoms with Crippen molar-refractivity contribution in [2.24, 2.45) is 0 Å². The van der Waals surface area contributed by atoms with Gasteiger partial charge in [-0.3, -0.25) is 4.90 Å². The predicted octanol–water partition coefficient (Wildman–Crippen LogP) is 4.24. The quantitative estimate of drug-likeness (QED) is 0.506. The zero-order chi connectivity index (χ0) is 17.9. The Hall–Kier alpha value is -2.39. The molecule has 2 aromatic rings. The lowest BCUT2D eigenvalue weighted by Gasteiger charge is -2.26. The minimum atomic E-state index is -0.277. The number of benzene rings is 2. The van der Waals surface area contributed by atoms with Gasteiger partial charge in [0.15, 0.2) is 0 Å². The largest absolute Gasteiger partial charge is 0.463 e. The van der Waals surface area contributed by atoms with E-state index in [0.717, 1.165) is 19.4 Å². The highest BCUT2D eigenvalue weighted by atomic mass is 16.5. The smallest absolute Gasteiger partial charge is 0.330 e. The fourth-order valence-electron chi connectivity index (χ4n) is 2.79. The Morgan fingerprint density at radius 3 is 2.24 bits per heavy atom. The maximum Gasteiger partial charge on any atom is 0.330 e. The molecule has 0 aliphatic carbocycles. The maximum absolute atomic E-state index is 11.7. The van der Waals surface area contributed by atoms with Gasteiger partial charge in [-0.1, -0.05) is 66.7 Å². The van der Waals surface area contributed by atoms with Gasteiger partial charge in [-0.05, 0) is 37.9 Å². The van der Waals surface area contributed by atoms with E-state index in [1.807, 2.05) is 25.1 Å². The Kier molecular flexibility index (Phi) is 7.93. The van der Waals surface area contributed by atoms with E-state index in [4.69, 9.17) is 4.74 Å². The number of likely N-dealkylation sites (N-methyl/N-ethyl adjacent to an activating group) is 1. The molecule has 3 nitrogen and oxygen atoms in total. The van der Waals surface area contributed by atoms with Crippen LogP contribution in [0.3, 0.4) is 0 Å². The van der Waals surface area contributed by atoms with Crippen molar-refractivity contribution in [3.63, 3.8) is 0 Å². The van der Waals surface area contributed by atoms with Gasteiger partial charge in [0.2, 0.25) is 0 Å². The van der Waals surface area contributed by atoms with Crippen molar-refractivity contribution in [3.05, 3.63) is 83.9 Å². The van der Waals surface area contributed by atoms with Crippen LogP contribution in [0.5, 0.6) is 0 Å². The zero-order valence-corrected chi connectivity index (χ0v) is 15.1. The molecular formula is C22H27NO2. The summed E-state index contributed by atoms with van der Waals surface area (Å²) in [6.07, 6.45) is 5.44. The van der Waals surface area contributed by atoms with Crippen LogP contribution in [-0.2, 0) is 22.5 Å². The van der Waals surface area contributed by atoms with Crippen LogP contribution < -0.4 is 0 Å². The Balaban J connectivity index is 2.03. The highest BCUT2D eigenvalue weighted by Gasteiger charge is 2.13. The lowest BCUT2D eigenvalue weighted by molar-refractivity contribution is -0.137. The van der Waals surface area contributed by atoms with Gasteiger partial charge in [0.05, 0.1) is 6.61 Å². The Morgan fingerprint density at radius 1 is 1.04 bits per heavy atom. The van der Waals surface area contributed by atoms with Crippen LogP contribution in [0.15, 0.2) is 72.8 Å². The third kappa shape index (κ3) is 6.94. The predicted molar refractivity (Wildman–Crippen MR) is 102 cm³/mol. The monoisotopic (exact) mass is 337 g/mol. The number of aryl methyl sites for hydroxylation is 1. The van der Waals surface area contributed by atoms with E-state index in [-0.39, 0.29) is 12.0 Å². The normalized spacial score (nSPS) is 12.4. The lowest BCUT2D eigenvalue weighted by atomic mass is 10.0. The van der Waals surface area contributed by atoms with Gasteiger partial charge in [-0.15, -0.1) is 0 Å². The van der Waals surface area contributed by atoms with Crippen molar-refractivity contribution in [2.75, 3.05) is 13.7 Å². The number of nitrogens with zero attached hydrogens (tertiary/aromatic N) is 1. The molecule has 3 heteroatoms. The van der Waals surface area contributed by atoms with Crippen molar-refractivity contribution < 1.29 is 9.53 Å². The maximum atomic E-state index is 11.7. The van der Waals surface area contributed by atoms with Gasteiger partial charge in [-0.2, -0.15) is 0 Å². The van der Waals surface area contributed by atoms with Crippen LogP contribution in [0.1, 0.15) is 24.5 Å². The topological polar surface area (TPSA) is 29.5 Å². The first-order valence-electron chi connectivity index (χ1n) is 8.82. The van der Waals surface area contributed by atoms with Crippen LogP contribution in [0.2, 0.25) is 0 Å². The van der Waals surface area contributed by atoms with E-state index >= 15 is 0 Å². The molecule has 2 aromatic carbocycles. The van der Waals surface area contributed by atoms with Gasteiger partial charge < -0.3 is 4.74 Å². The number of carbonyl (C=O) groups is 1. The fourth-order valence-corrected chi connectivity index (χ4v) is 2.79. The van der Waals surface area contributed by atoms with E-state index in [0.29, 0.717) is 6.61 Å². The van der Waals surface area contributed by atoms with Crippen LogP contribution >= 0.6 is 0 Å². The summed E-state index contributed by atoms with van der Waals surface area (Å²) in [4.78, 5) is 13.9. The molecule has 2 rings (SSSR count). The Morgan fingerprint density at radius 2 is 1.64 bits per heavy atom. The van der Waals surface area contributed by atoms with Gasteiger partial charge in [-0.25, -0.2) is 4.79 Å². The van der Waals surface area contributed by atoms with Gasteiger partial charge in [0.25, 0.3) is 0 Å². The summed E-state index contributed by atoms with van der Waals surface area (Å²) in [6, 6.07) is 21.0. The van der Waals surface area contributed by atoms with E-state index in [2.05, 4.69) is 60.5 Å². The summed E-state index contributed by atoms with van der Waals surface area (Å²) in [7, 11) is 2.10. The Labute approximate surface area is 150 Å². The third-order valence-corrected chi connectivity index (χ3v) is 4.15. The Bertz CT molecular complexity index is 652. The minimum Gasteiger partial charge on any atom is -0.463 e. The van der Waals surface area contributed by atoms with E-state index in [9.17, 15) is 4.79 Å². The van der Waals surface area contributed by atoms with Crippen LogP contribution in [0.25, 0.3) is 0 Å². The summed E-state index contributed by atoms with van der Waals surface area (Å²) in [5, 5.41) is 0. The second-order valence-corrected chi connectivity index (χ2v) is 6.10. The summed E-state index contributed by atoms with van der Waals surface area (Å²) < 4.78 is 5.01. The second kappa shape index (κ2) is 10.5. The summed E-state index contributed by atoms with van der Waals surface area (Å²) >= 11 is 0. The molecule has 1 atom stereocenters. The molecule has 0 bridgehead atoms. The summed E-state index contributed by atoms with van der Waals surface area (Å²) in [5.74, 6) is -0.277. The van der Waals surface area contributed by atoms with Gasteiger partial charge in [0.1, 0.15) is 0 Å². The summed E-state index contributed by atoms with van der Waals surface area (Å²) in [6.45, 7) is 3.06. The number of esters is 1. The average molecular weight is 337 g/mol. The molecule has 0 aliphatic heterocycles. The number of carbonyl (C=O) groups excluding carboxylic acids is 1. The first kappa shape index (κ1) is 18.9. The molecule has 1 unspecified atom stereocenters. The van der Waals surface area contributed by atoms with Crippen LogP contribution in [0, 0.1) is 0 Å². The molecule has 0 radical (unpaired) electrons. The average Bonchev–Trinajstić information content (AvgIpc) is 2.63. The number of hydrogen-bond acceptors (Lipinski definition) is 3. The van der Waals surface area contributed by atoms with Crippen molar-refractivity contribution >= 4 is 5.97 Å². The molecule has 132 valence electrons. The molecular weight excluding hydrogens is 310 g/mol. The van der Waals surface area contributed by atoms with Crippen molar-refractivity contribution in [1.82, 2.24) is 4.90 Å². The van der Waals surface area contributed by atoms with Crippen molar-refractivity contribution in [2.45, 2.75) is 32.4 Å². The van der Waals surface area contributed by atoms with Crippen LogP contribution in [-0.4, -0.2) is 30.6 Å². The fraction of sp³-hybridized carbons (Fsp3) is 0.318. The highest BCUT2D eigenvalue weighted by molar-refractivity contribution is 5.81. The zero-order valence-electron chi connectivity index (χ0n) is 15.1. The van der Waals surface area contributed by atoms with Gasteiger partial charge >= 0.3 is 5.97 Å². The van der Waals surface area contributed by atoms with Crippen molar-refractivity contribution in [1.29, 1.82) is 0 Å². The first-order valence-corrected chi connectivity index (χ1v) is 8.82. The molecule has 0 aliphatic rings. The van der Waals surface area contributed by atoms with Gasteiger partial charge in [0, 0.05) is 18.7 Å². The minimum absolute atomic E-state index is 0.171. The molecule has 0 N–H and O–H groups in total. The number of ether oxygens (including phenoxy) is 1. The van der Waals surface area contributed by atoms with E-state index in [1.54, 1.807) is 6.08 Å². The second-order valence-electron chi connectivity index (χ2n) is 6.10. The van der Waals surface area contributed by atoms with E-state index < -0.39 is 0 Å². The standard InChI is InChI=1S/C22H27NO2/c1-3-25-22(24)17-16-21(15-14-19-10-6-4-7-11-19)23(2)18-20-12-8-5-9-13-20/h4-13,16-17,21H,3,14-15,18H2,1-2H3/b17-16+. The molecule has 0 fully saturated rings. The SMILES string of the molecule is CCOC(=O)/C=C/C(CCc1ccccc1)N(C)Cc1ccccc1. The van der Waals surface area contributed by atoms with Crippen molar-refractivity contribution in [3.8, 4) is 0 Å². The molecule has 0 saturated carbocycles. The first-order chi connectivity index (χ1) is 12.2. The third-order valence-electron chi connectivity index (χ3n) is 4.15. The molecule has 25 heavy (non-hydrogen) atoms. The molecule has 0 spiro atoms. The molecule has 0 aromatic heterocycles. The number of hydrogen-bond donors (Lipinski definition) is 0. The molecule has 0 heterocycles. The summed E-state index contributed by atoms with van der Waals surface area (Å²) in [5.41, 5.74) is 2.57. The lowest BCUT2D eigenvalue weighted by Crippen LogP contribution is -2.30.